The van der Waals surface area contributed by atoms with Crippen LogP contribution in [0.4, 0.5) is 0 Å². The van der Waals surface area contributed by atoms with Crippen molar-refractivity contribution in [1.82, 2.24) is 0 Å². The SMILES string of the molecule is CCCCCCCCO[C@@H]1O[C@H](COC(C)=O)[C@H](OC(C)=O)[C@H](OCC(N)=O)[C@H]1OC(C)=O. The Hall–Kier alpha value is -2.24. The van der Waals surface area contributed by atoms with Gasteiger partial charge in [0.05, 0.1) is 0 Å². The normalized spacial score (nSPS) is 24.7. The van der Waals surface area contributed by atoms with E-state index < -0.39 is 61.1 Å². The largest absolute Gasteiger partial charge is 0.463 e. The Morgan fingerprint density at radius 2 is 1.39 bits per heavy atom. The van der Waals surface area contributed by atoms with Crippen molar-refractivity contribution in [3.05, 3.63) is 0 Å². The van der Waals surface area contributed by atoms with Crippen LogP contribution in [-0.2, 0) is 47.6 Å². The highest BCUT2D eigenvalue weighted by atomic mass is 16.7. The van der Waals surface area contributed by atoms with Crippen molar-refractivity contribution in [3.63, 3.8) is 0 Å². The summed E-state index contributed by atoms with van der Waals surface area (Å²) < 4.78 is 33.1. The minimum absolute atomic E-state index is 0.270. The van der Waals surface area contributed by atoms with Crippen LogP contribution in [0.15, 0.2) is 0 Å². The second-order valence-corrected chi connectivity index (χ2v) is 7.87. The zero-order valence-electron chi connectivity index (χ0n) is 19.9. The Bertz CT molecular complexity index is 641. The van der Waals surface area contributed by atoms with Crippen molar-refractivity contribution in [2.45, 2.75) is 96.9 Å². The molecule has 0 aromatic carbocycles. The number of rotatable bonds is 15. The number of unbranched alkanes of at least 4 members (excludes halogenated alkanes) is 5. The molecule has 2 N–H and O–H groups in total. The van der Waals surface area contributed by atoms with Crippen LogP contribution >= 0.6 is 0 Å². The van der Waals surface area contributed by atoms with Gasteiger partial charge in [-0.25, -0.2) is 0 Å². The average Bonchev–Trinajstić information content (AvgIpc) is 2.71. The summed E-state index contributed by atoms with van der Waals surface area (Å²) in [5.74, 6) is -2.66. The van der Waals surface area contributed by atoms with Gasteiger partial charge < -0.3 is 34.2 Å². The minimum Gasteiger partial charge on any atom is -0.463 e. The molecule has 1 heterocycles. The van der Waals surface area contributed by atoms with Gasteiger partial charge in [-0.1, -0.05) is 39.0 Å². The maximum absolute atomic E-state index is 11.8. The number of primary amides is 1. The molecule has 0 spiro atoms. The van der Waals surface area contributed by atoms with Crippen LogP contribution in [0.2, 0.25) is 0 Å². The van der Waals surface area contributed by atoms with E-state index in [-0.39, 0.29) is 6.61 Å². The van der Waals surface area contributed by atoms with E-state index in [0.29, 0.717) is 6.61 Å². The standard InChI is InChI=1S/C22H37NO10/c1-5-6-7-8-9-10-11-28-22-21(32-16(4)26)20(30-13-18(23)27)19(31-15(3)25)17(33-22)12-29-14(2)24/h17,19-22H,5-13H2,1-4H3,(H2,23,27)/t17-,19+,20+,21-,22-/m1/s1. The Kier molecular flexibility index (Phi) is 13.6. The van der Waals surface area contributed by atoms with Crippen molar-refractivity contribution in [2.75, 3.05) is 19.8 Å². The molecule has 1 rings (SSSR count). The molecular weight excluding hydrogens is 438 g/mol. The number of nitrogens with two attached hydrogens (primary N) is 1. The van der Waals surface area contributed by atoms with Crippen LogP contribution in [-0.4, -0.2) is 74.3 Å². The topological polar surface area (TPSA) is 150 Å². The Labute approximate surface area is 194 Å². The fraction of sp³-hybridized carbons (Fsp3) is 0.818. The van der Waals surface area contributed by atoms with Crippen molar-refractivity contribution in [2.24, 2.45) is 5.73 Å². The highest BCUT2D eigenvalue weighted by molar-refractivity contribution is 5.75. The quantitative estimate of drug-likeness (QED) is 0.209. The average molecular weight is 476 g/mol. The molecule has 0 unspecified atom stereocenters. The van der Waals surface area contributed by atoms with Gasteiger partial charge in [0.15, 0.2) is 18.5 Å². The number of hydrogen-bond acceptors (Lipinski definition) is 10. The molecule has 5 atom stereocenters. The number of esters is 3. The summed E-state index contributed by atoms with van der Waals surface area (Å²) in [5.41, 5.74) is 5.21. The van der Waals surface area contributed by atoms with Gasteiger partial charge in [-0.2, -0.15) is 0 Å². The molecule has 11 heteroatoms. The number of hydrogen-bond donors (Lipinski definition) is 1. The fourth-order valence-electron chi connectivity index (χ4n) is 3.45. The van der Waals surface area contributed by atoms with E-state index in [1.807, 2.05) is 0 Å². The monoisotopic (exact) mass is 475 g/mol. The summed E-state index contributed by atoms with van der Waals surface area (Å²) in [6.45, 7) is 5.26. The maximum Gasteiger partial charge on any atom is 0.303 e. The smallest absolute Gasteiger partial charge is 0.303 e. The van der Waals surface area contributed by atoms with E-state index >= 15 is 0 Å². The first kappa shape index (κ1) is 28.8. The third kappa shape index (κ3) is 11.4. The first-order valence-electron chi connectivity index (χ1n) is 11.3. The van der Waals surface area contributed by atoms with Crippen molar-refractivity contribution >= 4 is 23.8 Å². The van der Waals surface area contributed by atoms with Crippen LogP contribution < -0.4 is 5.73 Å². The van der Waals surface area contributed by atoms with Crippen LogP contribution in [0.5, 0.6) is 0 Å². The first-order valence-corrected chi connectivity index (χ1v) is 11.3. The fourth-order valence-corrected chi connectivity index (χ4v) is 3.45. The molecule has 11 nitrogen and oxygen atoms in total. The van der Waals surface area contributed by atoms with Gasteiger partial charge in [0.25, 0.3) is 0 Å². The lowest BCUT2D eigenvalue weighted by atomic mass is 9.98. The lowest BCUT2D eigenvalue weighted by Crippen LogP contribution is -2.63. The lowest BCUT2D eigenvalue weighted by molar-refractivity contribution is -0.311. The van der Waals surface area contributed by atoms with Gasteiger partial charge in [-0.05, 0) is 6.42 Å². The molecule has 0 aromatic heterocycles. The van der Waals surface area contributed by atoms with Crippen LogP contribution in [0.25, 0.3) is 0 Å². The van der Waals surface area contributed by atoms with Gasteiger partial charge in [-0.15, -0.1) is 0 Å². The molecule has 33 heavy (non-hydrogen) atoms. The molecule has 0 aliphatic carbocycles. The van der Waals surface area contributed by atoms with Gasteiger partial charge in [0.1, 0.15) is 25.4 Å². The lowest BCUT2D eigenvalue weighted by Gasteiger charge is -2.44. The third-order valence-electron chi connectivity index (χ3n) is 4.84. The molecule has 190 valence electrons. The molecule has 1 amide bonds. The number of carbonyl (C=O) groups excluding carboxylic acids is 4. The van der Waals surface area contributed by atoms with Gasteiger partial charge >= 0.3 is 17.9 Å². The van der Waals surface area contributed by atoms with E-state index in [9.17, 15) is 19.2 Å². The second kappa shape index (κ2) is 15.6. The zero-order chi connectivity index (χ0) is 24.8. The molecule has 0 bridgehead atoms. The van der Waals surface area contributed by atoms with E-state index in [0.717, 1.165) is 32.1 Å². The summed E-state index contributed by atoms with van der Waals surface area (Å²) in [7, 11) is 0. The molecular formula is C22H37NO10. The zero-order valence-corrected chi connectivity index (χ0v) is 19.9. The van der Waals surface area contributed by atoms with Crippen LogP contribution in [0, 0.1) is 0 Å². The number of carbonyl (C=O) groups is 4. The predicted octanol–water partition coefficient (Wildman–Crippen LogP) is 1.39. The second-order valence-electron chi connectivity index (χ2n) is 7.87. The summed E-state index contributed by atoms with van der Waals surface area (Å²) in [5, 5.41) is 0. The van der Waals surface area contributed by atoms with Crippen LogP contribution in [0.3, 0.4) is 0 Å². The van der Waals surface area contributed by atoms with Crippen molar-refractivity contribution < 1.29 is 47.6 Å². The Morgan fingerprint density at radius 3 is 1.97 bits per heavy atom. The summed E-state index contributed by atoms with van der Waals surface area (Å²) >= 11 is 0. The summed E-state index contributed by atoms with van der Waals surface area (Å²) in [4.78, 5) is 46.2. The Morgan fingerprint density at radius 1 is 0.788 bits per heavy atom. The summed E-state index contributed by atoms with van der Waals surface area (Å²) in [6.07, 6.45) is 0.713. The molecule has 0 saturated carbocycles. The first-order chi connectivity index (χ1) is 15.6. The maximum atomic E-state index is 11.8. The molecule has 1 fully saturated rings. The van der Waals surface area contributed by atoms with E-state index in [4.69, 9.17) is 34.2 Å². The van der Waals surface area contributed by atoms with Gasteiger partial charge in [0, 0.05) is 27.4 Å². The molecule has 1 saturated heterocycles. The minimum atomic E-state index is -1.15. The number of amides is 1. The van der Waals surface area contributed by atoms with Crippen LogP contribution in [0.1, 0.15) is 66.2 Å². The predicted molar refractivity (Wildman–Crippen MR) is 115 cm³/mol. The van der Waals surface area contributed by atoms with E-state index in [1.165, 1.54) is 27.2 Å². The number of ether oxygens (including phenoxy) is 6. The molecule has 0 radical (unpaired) electrons. The molecule has 1 aliphatic rings. The van der Waals surface area contributed by atoms with Gasteiger partial charge in [-0.3, -0.25) is 19.2 Å². The highest BCUT2D eigenvalue weighted by Gasteiger charge is 2.51. The van der Waals surface area contributed by atoms with Crippen molar-refractivity contribution in [1.29, 1.82) is 0 Å². The molecule has 0 aromatic rings. The summed E-state index contributed by atoms with van der Waals surface area (Å²) in [6, 6.07) is 0. The van der Waals surface area contributed by atoms with Crippen molar-refractivity contribution in [3.8, 4) is 0 Å². The highest BCUT2D eigenvalue weighted by Crippen LogP contribution is 2.30. The Balaban J connectivity index is 3.03. The third-order valence-corrected chi connectivity index (χ3v) is 4.84. The van der Waals surface area contributed by atoms with E-state index in [2.05, 4.69) is 6.92 Å². The molecule has 1 aliphatic heterocycles. The van der Waals surface area contributed by atoms with E-state index in [1.54, 1.807) is 0 Å². The van der Waals surface area contributed by atoms with Gasteiger partial charge in [0.2, 0.25) is 5.91 Å².